The molecule has 11 heteroatoms. The van der Waals surface area contributed by atoms with E-state index in [9.17, 15) is 19.2 Å². The molecular formula is C26H36O11. The molecule has 2 rings (SSSR count). The van der Waals surface area contributed by atoms with Crippen molar-refractivity contribution in [2.24, 2.45) is 0 Å². The first-order valence-electron chi connectivity index (χ1n) is 12.2. The molecule has 0 spiro atoms. The Labute approximate surface area is 216 Å². The summed E-state index contributed by atoms with van der Waals surface area (Å²) >= 11 is 0. The number of carbonyl (C=O) groups excluding carboxylic acids is 4. The number of methoxy groups -OCH3 is 1. The monoisotopic (exact) mass is 524 g/mol. The van der Waals surface area contributed by atoms with Crippen LogP contribution in [0.4, 0.5) is 0 Å². The summed E-state index contributed by atoms with van der Waals surface area (Å²) in [5.41, 5.74) is 1.20. The van der Waals surface area contributed by atoms with E-state index in [1.807, 2.05) is 24.3 Å². The molecule has 0 aliphatic carbocycles. The summed E-state index contributed by atoms with van der Waals surface area (Å²) in [5, 5.41) is 0. The fraction of sp³-hybridized carbons (Fsp3) is 0.615. The van der Waals surface area contributed by atoms with Crippen LogP contribution in [0.3, 0.4) is 0 Å². The summed E-state index contributed by atoms with van der Waals surface area (Å²) in [4.78, 5) is 46.9. The molecule has 0 N–H and O–H groups in total. The summed E-state index contributed by atoms with van der Waals surface area (Å²) < 4.78 is 38.1. The van der Waals surface area contributed by atoms with Gasteiger partial charge in [-0.2, -0.15) is 0 Å². The van der Waals surface area contributed by atoms with Gasteiger partial charge in [-0.15, -0.1) is 0 Å². The van der Waals surface area contributed by atoms with Crippen LogP contribution in [-0.4, -0.2) is 74.9 Å². The normalized spacial score (nSPS) is 23.0. The number of hydrogen-bond acceptors (Lipinski definition) is 11. The van der Waals surface area contributed by atoms with Gasteiger partial charge in [0.1, 0.15) is 18.5 Å². The van der Waals surface area contributed by atoms with Crippen molar-refractivity contribution < 1.29 is 52.3 Å². The van der Waals surface area contributed by atoms with E-state index >= 15 is 0 Å². The minimum Gasteiger partial charge on any atom is -0.497 e. The first-order valence-corrected chi connectivity index (χ1v) is 12.2. The molecule has 1 aliphatic heterocycles. The van der Waals surface area contributed by atoms with E-state index in [-0.39, 0.29) is 13.2 Å². The number of carbonyl (C=O) groups is 4. The van der Waals surface area contributed by atoms with Gasteiger partial charge in [0, 0.05) is 34.3 Å². The molecule has 0 bridgehead atoms. The van der Waals surface area contributed by atoms with Crippen LogP contribution in [0.5, 0.6) is 5.75 Å². The van der Waals surface area contributed by atoms with Crippen LogP contribution >= 0.6 is 0 Å². The topological polar surface area (TPSA) is 133 Å². The van der Waals surface area contributed by atoms with E-state index in [0.29, 0.717) is 6.42 Å². The lowest BCUT2D eigenvalue weighted by molar-refractivity contribution is -0.308. The van der Waals surface area contributed by atoms with Gasteiger partial charge < -0.3 is 33.2 Å². The maximum Gasteiger partial charge on any atom is 0.303 e. The summed E-state index contributed by atoms with van der Waals surface area (Å²) in [6.45, 7) is 4.71. The Bertz CT molecular complexity index is 898. The first kappa shape index (κ1) is 30.0. The number of benzene rings is 1. The molecule has 0 amide bonds. The zero-order valence-electron chi connectivity index (χ0n) is 21.9. The van der Waals surface area contributed by atoms with Crippen molar-refractivity contribution in [2.45, 2.75) is 84.1 Å². The van der Waals surface area contributed by atoms with Gasteiger partial charge in [-0.3, -0.25) is 19.2 Å². The van der Waals surface area contributed by atoms with E-state index in [2.05, 4.69) is 0 Å². The van der Waals surface area contributed by atoms with Gasteiger partial charge in [-0.05, 0) is 37.0 Å². The molecule has 1 aromatic carbocycles. The van der Waals surface area contributed by atoms with Crippen LogP contribution < -0.4 is 4.74 Å². The maximum atomic E-state index is 11.9. The Morgan fingerprint density at radius 3 is 1.92 bits per heavy atom. The largest absolute Gasteiger partial charge is 0.497 e. The smallest absolute Gasteiger partial charge is 0.303 e. The highest BCUT2D eigenvalue weighted by molar-refractivity contribution is 5.68. The van der Waals surface area contributed by atoms with E-state index in [0.717, 1.165) is 25.0 Å². The maximum absolute atomic E-state index is 11.9. The fourth-order valence-corrected chi connectivity index (χ4v) is 3.92. The Hall–Kier alpha value is -3.18. The van der Waals surface area contributed by atoms with Gasteiger partial charge in [-0.25, -0.2) is 0 Å². The molecule has 206 valence electrons. The van der Waals surface area contributed by atoms with Crippen molar-refractivity contribution >= 4 is 23.9 Å². The highest BCUT2D eigenvalue weighted by atomic mass is 16.7. The van der Waals surface area contributed by atoms with E-state index in [1.54, 1.807) is 7.11 Å². The van der Waals surface area contributed by atoms with Crippen LogP contribution in [0.15, 0.2) is 24.3 Å². The summed E-state index contributed by atoms with van der Waals surface area (Å²) in [7, 11) is 1.63. The van der Waals surface area contributed by atoms with Crippen LogP contribution in [0.25, 0.3) is 0 Å². The highest BCUT2D eigenvalue weighted by Gasteiger charge is 2.52. The Kier molecular flexibility index (Phi) is 12.3. The van der Waals surface area contributed by atoms with Gasteiger partial charge in [0.15, 0.2) is 24.6 Å². The Morgan fingerprint density at radius 1 is 0.757 bits per heavy atom. The van der Waals surface area contributed by atoms with Gasteiger partial charge in [0.05, 0.1) is 7.11 Å². The standard InChI is InChI=1S/C26H36O11/c1-16(27)33-15-22-23(34-17(2)28)24(35-18(3)29)25(36-19(4)30)26(37-22)32-14-8-6-7-9-20-10-12-21(31-5)13-11-20/h10-13,22-26H,6-9,14-15H2,1-5H3/t22-,23-,24+,25-,26-/m1/s1. The third-order valence-electron chi connectivity index (χ3n) is 5.50. The summed E-state index contributed by atoms with van der Waals surface area (Å²) in [5.74, 6) is -1.81. The molecule has 1 fully saturated rings. The number of unbranched alkanes of at least 4 members (excludes halogenated alkanes) is 2. The second-order valence-corrected chi connectivity index (χ2v) is 8.60. The van der Waals surface area contributed by atoms with Crippen LogP contribution in [0, 0.1) is 0 Å². The number of esters is 4. The fourth-order valence-electron chi connectivity index (χ4n) is 3.92. The molecule has 1 heterocycles. The second-order valence-electron chi connectivity index (χ2n) is 8.60. The van der Waals surface area contributed by atoms with Crippen molar-refractivity contribution in [3.8, 4) is 5.75 Å². The molecule has 0 unspecified atom stereocenters. The first-order chi connectivity index (χ1) is 17.6. The average Bonchev–Trinajstić information content (AvgIpc) is 2.83. The molecule has 0 radical (unpaired) electrons. The predicted molar refractivity (Wildman–Crippen MR) is 128 cm³/mol. The van der Waals surface area contributed by atoms with Crippen LogP contribution in [0.1, 0.15) is 52.5 Å². The molecule has 5 atom stereocenters. The number of rotatable bonds is 13. The average molecular weight is 525 g/mol. The molecule has 11 nitrogen and oxygen atoms in total. The second kappa shape index (κ2) is 15.2. The molecule has 1 aliphatic rings. The zero-order valence-corrected chi connectivity index (χ0v) is 21.9. The minimum absolute atomic E-state index is 0.260. The molecular weight excluding hydrogens is 488 g/mol. The third kappa shape index (κ3) is 10.4. The Balaban J connectivity index is 2.05. The van der Waals surface area contributed by atoms with Crippen molar-refractivity contribution in [1.29, 1.82) is 0 Å². The quantitative estimate of drug-likeness (QED) is 0.214. The molecule has 1 aromatic rings. The van der Waals surface area contributed by atoms with Gasteiger partial charge in [-0.1, -0.05) is 18.6 Å². The van der Waals surface area contributed by atoms with Gasteiger partial charge in [0.2, 0.25) is 0 Å². The van der Waals surface area contributed by atoms with Crippen molar-refractivity contribution in [1.82, 2.24) is 0 Å². The predicted octanol–water partition coefficient (Wildman–Crippen LogP) is 2.51. The van der Waals surface area contributed by atoms with E-state index in [4.69, 9.17) is 33.2 Å². The number of aryl methyl sites for hydroxylation is 1. The third-order valence-corrected chi connectivity index (χ3v) is 5.50. The van der Waals surface area contributed by atoms with Crippen LogP contribution in [-0.2, 0) is 54.0 Å². The van der Waals surface area contributed by atoms with Crippen molar-refractivity contribution in [3.63, 3.8) is 0 Å². The molecule has 0 saturated carbocycles. The lowest BCUT2D eigenvalue weighted by atomic mass is 9.98. The molecule has 1 saturated heterocycles. The van der Waals surface area contributed by atoms with Crippen molar-refractivity contribution in [2.75, 3.05) is 20.3 Å². The Morgan fingerprint density at radius 2 is 1.35 bits per heavy atom. The summed E-state index contributed by atoms with van der Waals surface area (Å²) in [6.07, 6.45) is -2.46. The number of hydrogen-bond donors (Lipinski definition) is 0. The van der Waals surface area contributed by atoms with E-state index in [1.165, 1.54) is 33.3 Å². The molecule has 37 heavy (non-hydrogen) atoms. The SMILES string of the molecule is COc1ccc(CCCCCO[C@@H]2O[C@H](COC(C)=O)[C@@H](OC(C)=O)[C@H](OC(C)=O)[C@H]2OC(C)=O)cc1. The highest BCUT2D eigenvalue weighted by Crippen LogP contribution is 2.30. The van der Waals surface area contributed by atoms with Crippen molar-refractivity contribution in [3.05, 3.63) is 29.8 Å². The van der Waals surface area contributed by atoms with Gasteiger partial charge >= 0.3 is 23.9 Å². The lowest BCUT2D eigenvalue weighted by Gasteiger charge is -2.44. The zero-order chi connectivity index (χ0) is 27.4. The van der Waals surface area contributed by atoms with E-state index < -0.39 is 54.6 Å². The van der Waals surface area contributed by atoms with Gasteiger partial charge in [0.25, 0.3) is 0 Å². The molecule has 0 aromatic heterocycles. The lowest BCUT2D eigenvalue weighted by Crippen LogP contribution is -2.63. The summed E-state index contributed by atoms with van der Waals surface area (Å²) in [6, 6.07) is 7.88. The minimum atomic E-state index is -1.24. The number of ether oxygens (including phenoxy) is 7. The van der Waals surface area contributed by atoms with Crippen LogP contribution in [0.2, 0.25) is 0 Å².